The second-order valence-electron chi connectivity index (χ2n) is 7.79. The first-order valence-electron chi connectivity index (χ1n) is 10.3. The average Bonchev–Trinajstić information content (AvgIpc) is 2.73. The Bertz CT molecular complexity index is 896. The Morgan fingerprint density at radius 1 is 1.26 bits per heavy atom. The predicted octanol–water partition coefficient (Wildman–Crippen LogP) is 3.67. The van der Waals surface area contributed by atoms with Crippen LogP contribution in [0.4, 0.5) is 5.69 Å². The summed E-state index contributed by atoms with van der Waals surface area (Å²) in [6.07, 6.45) is 2.87. The van der Waals surface area contributed by atoms with Crippen molar-refractivity contribution < 1.29 is 14.6 Å². The summed E-state index contributed by atoms with van der Waals surface area (Å²) >= 11 is 0. The van der Waals surface area contributed by atoms with Gasteiger partial charge in [-0.05, 0) is 73.8 Å². The van der Waals surface area contributed by atoms with Crippen molar-refractivity contribution in [1.29, 1.82) is 5.41 Å². The Labute approximate surface area is 189 Å². The number of hydrogen-bond acceptors (Lipinski definition) is 5. The van der Waals surface area contributed by atoms with Gasteiger partial charge < -0.3 is 25.8 Å². The largest absolute Gasteiger partial charge is 0.490 e. The van der Waals surface area contributed by atoms with E-state index in [0.717, 1.165) is 43.7 Å². The molecule has 2 aromatic rings. The normalized spacial score (nSPS) is 15.5. The number of likely N-dealkylation sites (tertiary alicyclic amines) is 1. The molecule has 0 saturated carbocycles. The van der Waals surface area contributed by atoms with E-state index in [4.69, 9.17) is 15.9 Å². The van der Waals surface area contributed by atoms with Gasteiger partial charge >= 0.3 is 5.97 Å². The van der Waals surface area contributed by atoms with Gasteiger partial charge in [0.1, 0.15) is 17.7 Å². The number of ether oxygens (including phenoxy) is 1. The van der Waals surface area contributed by atoms with Crippen molar-refractivity contribution >= 4 is 29.9 Å². The lowest BCUT2D eigenvalue weighted by Gasteiger charge is -2.29. The number of piperidine rings is 1. The number of nitrogens with two attached hydrogens (primary N) is 1. The molecule has 8 heteroatoms. The first-order valence-corrected chi connectivity index (χ1v) is 10.3. The fourth-order valence-corrected chi connectivity index (χ4v) is 3.62. The van der Waals surface area contributed by atoms with Crippen molar-refractivity contribution in [3.63, 3.8) is 0 Å². The van der Waals surface area contributed by atoms with Crippen LogP contribution in [0.5, 0.6) is 5.75 Å². The number of carboxylic acids is 1. The van der Waals surface area contributed by atoms with Crippen molar-refractivity contribution in [1.82, 2.24) is 4.90 Å². The summed E-state index contributed by atoms with van der Waals surface area (Å²) in [5, 5.41) is 20.4. The Kier molecular flexibility index (Phi) is 8.71. The molecule has 0 radical (unpaired) electrons. The number of amidine groups is 1. The zero-order valence-electron chi connectivity index (χ0n) is 17.9. The van der Waals surface area contributed by atoms with Gasteiger partial charge in [0.2, 0.25) is 0 Å². The van der Waals surface area contributed by atoms with Crippen LogP contribution in [-0.4, -0.2) is 48.1 Å². The van der Waals surface area contributed by atoms with E-state index < -0.39 is 12.0 Å². The molecule has 1 heterocycles. The van der Waals surface area contributed by atoms with Gasteiger partial charge in [0.05, 0.1) is 0 Å². The number of halogens is 1. The molecule has 3 rings (SSSR count). The fourth-order valence-electron chi connectivity index (χ4n) is 3.62. The van der Waals surface area contributed by atoms with Crippen molar-refractivity contribution in [2.24, 2.45) is 5.73 Å². The maximum atomic E-state index is 12.1. The second kappa shape index (κ2) is 11.0. The molecule has 1 atom stereocenters. The van der Waals surface area contributed by atoms with Crippen LogP contribution < -0.4 is 15.8 Å². The molecule has 1 aliphatic rings. The van der Waals surface area contributed by atoms with E-state index in [1.807, 2.05) is 25.1 Å². The van der Waals surface area contributed by atoms with Crippen LogP contribution in [0.3, 0.4) is 0 Å². The minimum absolute atomic E-state index is 0. The van der Waals surface area contributed by atoms with Crippen LogP contribution in [0.25, 0.3) is 0 Å². The molecule has 5 N–H and O–H groups in total. The molecule has 7 nitrogen and oxygen atoms in total. The minimum atomic E-state index is -0.968. The van der Waals surface area contributed by atoms with Crippen LogP contribution in [0.2, 0.25) is 0 Å². The molecule has 1 unspecified atom stereocenters. The lowest BCUT2D eigenvalue weighted by Crippen LogP contribution is -2.35. The molecule has 168 valence electrons. The molecule has 0 aliphatic carbocycles. The summed E-state index contributed by atoms with van der Waals surface area (Å²) in [7, 11) is 2.11. The van der Waals surface area contributed by atoms with Crippen LogP contribution >= 0.6 is 12.4 Å². The summed E-state index contributed by atoms with van der Waals surface area (Å²) in [4.78, 5) is 14.3. The summed E-state index contributed by atoms with van der Waals surface area (Å²) in [6, 6.07) is 11.7. The van der Waals surface area contributed by atoms with E-state index >= 15 is 0 Å². The van der Waals surface area contributed by atoms with Crippen LogP contribution in [-0.2, 0) is 11.2 Å². The standard InChI is InChI=1S/C23H30N4O3.ClH/c1-3-15-12-17(14-20(13-15)30-19-8-10-27(2)11-9-19)21(23(28)29)26-18-6-4-16(5-7-18)22(24)25;/h4-7,12-14,19,21,26H,3,8-11H2,1-2H3,(H3,24,25)(H,28,29);1H. The number of nitrogen functional groups attached to an aromatic ring is 1. The molecule has 0 spiro atoms. The minimum Gasteiger partial charge on any atom is -0.490 e. The number of carbonyl (C=O) groups is 1. The average molecular weight is 447 g/mol. The molecule has 31 heavy (non-hydrogen) atoms. The molecule has 2 aromatic carbocycles. The molecule has 1 saturated heterocycles. The van der Waals surface area contributed by atoms with E-state index in [0.29, 0.717) is 16.8 Å². The van der Waals surface area contributed by atoms with E-state index in [2.05, 4.69) is 17.3 Å². The van der Waals surface area contributed by atoms with Crippen LogP contribution in [0, 0.1) is 5.41 Å². The Hall–Kier alpha value is -2.77. The van der Waals surface area contributed by atoms with E-state index in [9.17, 15) is 9.90 Å². The molecular formula is C23H31ClN4O3. The predicted molar refractivity (Wildman–Crippen MR) is 126 cm³/mol. The number of carboxylic acid groups (broad SMARTS) is 1. The maximum absolute atomic E-state index is 12.1. The van der Waals surface area contributed by atoms with Crippen molar-refractivity contribution in [3.05, 3.63) is 59.2 Å². The quantitative estimate of drug-likeness (QED) is 0.363. The molecular weight excluding hydrogens is 416 g/mol. The lowest BCUT2D eigenvalue weighted by atomic mass is 10.0. The van der Waals surface area contributed by atoms with Gasteiger partial charge in [-0.2, -0.15) is 0 Å². The van der Waals surface area contributed by atoms with Gasteiger partial charge in [-0.1, -0.05) is 13.0 Å². The molecule has 0 aromatic heterocycles. The number of benzene rings is 2. The number of anilines is 1. The van der Waals surface area contributed by atoms with E-state index in [-0.39, 0.29) is 24.3 Å². The van der Waals surface area contributed by atoms with Crippen molar-refractivity contribution in [3.8, 4) is 5.75 Å². The highest BCUT2D eigenvalue weighted by atomic mass is 35.5. The summed E-state index contributed by atoms with van der Waals surface area (Å²) in [5.41, 5.74) is 8.42. The van der Waals surface area contributed by atoms with Gasteiger partial charge in [-0.3, -0.25) is 5.41 Å². The lowest BCUT2D eigenvalue weighted by molar-refractivity contribution is -0.138. The third kappa shape index (κ3) is 6.60. The number of rotatable bonds is 8. The van der Waals surface area contributed by atoms with Gasteiger partial charge in [-0.15, -0.1) is 12.4 Å². The number of nitrogens with zero attached hydrogens (tertiary/aromatic N) is 1. The first kappa shape index (κ1) is 24.5. The Balaban J connectivity index is 0.00000341. The zero-order chi connectivity index (χ0) is 21.7. The molecule has 1 fully saturated rings. The SMILES string of the molecule is CCc1cc(OC2CCN(C)CC2)cc(C(Nc2ccc(C(=N)N)cc2)C(=O)O)c1.Cl. The molecule has 0 bridgehead atoms. The molecule has 1 aliphatic heterocycles. The monoisotopic (exact) mass is 446 g/mol. The highest BCUT2D eigenvalue weighted by Gasteiger charge is 2.23. The highest BCUT2D eigenvalue weighted by molar-refractivity contribution is 5.95. The summed E-state index contributed by atoms with van der Waals surface area (Å²) in [6.45, 7) is 4.04. The third-order valence-corrected chi connectivity index (χ3v) is 5.45. The van der Waals surface area contributed by atoms with Gasteiger partial charge in [-0.25, -0.2) is 4.79 Å². The zero-order valence-corrected chi connectivity index (χ0v) is 18.7. The van der Waals surface area contributed by atoms with E-state index in [1.165, 1.54) is 0 Å². The van der Waals surface area contributed by atoms with E-state index in [1.54, 1.807) is 24.3 Å². The number of aliphatic carboxylic acids is 1. The maximum Gasteiger partial charge on any atom is 0.330 e. The molecule has 0 amide bonds. The number of aryl methyl sites for hydroxylation is 1. The third-order valence-electron chi connectivity index (χ3n) is 5.45. The first-order chi connectivity index (χ1) is 14.4. The van der Waals surface area contributed by atoms with Crippen molar-refractivity contribution in [2.75, 3.05) is 25.5 Å². The Morgan fingerprint density at radius 2 is 1.90 bits per heavy atom. The topological polar surface area (TPSA) is 112 Å². The van der Waals surface area contributed by atoms with Gasteiger partial charge in [0.15, 0.2) is 6.04 Å². The van der Waals surface area contributed by atoms with Gasteiger partial charge in [0, 0.05) is 24.3 Å². The highest BCUT2D eigenvalue weighted by Crippen LogP contribution is 2.28. The van der Waals surface area contributed by atoms with Crippen LogP contribution in [0.15, 0.2) is 42.5 Å². The van der Waals surface area contributed by atoms with Crippen molar-refractivity contribution in [2.45, 2.75) is 38.3 Å². The fraction of sp³-hybridized carbons (Fsp3) is 0.391. The van der Waals surface area contributed by atoms with Gasteiger partial charge in [0.25, 0.3) is 0 Å². The van der Waals surface area contributed by atoms with Crippen LogP contribution in [0.1, 0.15) is 42.5 Å². The number of nitrogens with one attached hydrogen (secondary N) is 2. The Morgan fingerprint density at radius 3 is 2.45 bits per heavy atom. The second-order valence-corrected chi connectivity index (χ2v) is 7.79. The summed E-state index contributed by atoms with van der Waals surface area (Å²) < 4.78 is 6.22. The summed E-state index contributed by atoms with van der Waals surface area (Å²) in [5.74, 6) is -0.273. The smallest absolute Gasteiger partial charge is 0.330 e. The number of hydrogen-bond donors (Lipinski definition) is 4.